The van der Waals surface area contributed by atoms with Crippen LogP contribution in [0.15, 0.2) is 60.7 Å². The molecule has 156 valence electrons. The zero-order valence-electron chi connectivity index (χ0n) is 17.6. The Hall–Kier alpha value is -3.67. The van der Waals surface area contributed by atoms with Crippen LogP contribution < -0.4 is 24.8 Å². The van der Waals surface area contributed by atoms with Crippen molar-refractivity contribution >= 4 is 17.4 Å². The minimum atomic E-state index is -0.341. The largest absolute Gasteiger partial charge is 0.493 e. The van der Waals surface area contributed by atoms with Gasteiger partial charge in [-0.15, -0.1) is 0 Å². The van der Waals surface area contributed by atoms with Gasteiger partial charge in [0.2, 0.25) is 0 Å². The Bertz CT molecular complexity index is 1020. The summed E-state index contributed by atoms with van der Waals surface area (Å²) in [7, 11) is 3.13. The summed E-state index contributed by atoms with van der Waals surface area (Å²) in [6.45, 7) is 4.31. The van der Waals surface area contributed by atoms with Crippen LogP contribution in [-0.2, 0) is 6.61 Å². The van der Waals surface area contributed by atoms with Gasteiger partial charge in [0, 0.05) is 17.4 Å². The van der Waals surface area contributed by atoms with Crippen molar-refractivity contribution in [3.8, 4) is 17.2 Å². The maximum atomic E-state index is 12.5. The predicted molar refractivity (Wildman–Crippen MR) is 119 cm³/mol. The molecule has 0 aliphatic heterocycles. The summed E-state index contributed by atoms with van der Waals surface area (Å²) in [4.78, 5) is 12.5. The molecule has 0 saturated heterocycles. The molecule has 0 saturated carbocycles. The lowest BCUT2D eigenvalue weighted by Gasteiger charge is -2.15. The summed E-state index contributed by atoms with van der Waals surface area (Å²) >= 11 is 0. The molecule has 3 aromatic carbocycles. The monoisotopic (exact) mass is 406 g/mol. The highest BCUT2D eigenvalue weighted by molar-refractivity contribution is 6.01. The average molecular weight is 406 g/mol. The van der Waals surface area contributed by atoms with E-state index < -0.39 is 0 Å². The van der Waals surface area contributed by atoms with E-state index in [2.05, 4.69) is 10.6 Å². The van der Waals surface area contributed by atoms with Crippen LogP contribution in [0.25, 0.3) is 0 Å². The first-order chi connectivity index (χ1) is 14.5. The second-order valence-corrected chi connectivity index (χ2v) is 6.85. The SMILES string of the molecule is COc1cc(C)c(NC(=O)Nc2ccc(OCc3ccccc3)cc2C)cc1OC. The number of carbonyl (C=O) groups is 1. The van der Waals surface area contributed by atoms with Crippen LogP contribution in [0.5, 0.6) is 17.2 Å². The molecule has 0 aliphatic carbocycles. The van der Waals surface area contributed by atoms with E-state index in [0.29, 0.717) is 29.5 Å². The van der Waals surface area contributed by atoms with Crippen molar-refractivity contribution in [1.82, 2.24) is 0 Å². The number of nitrogens with one attached hydrogen (secondary N) is 2. The van der Waals surface area contributed by atoms with E-state index in [1.165, 1.54) is 0 Å². The molecule has 0 fully saturated rings. The molecular weight excluding hydrogens is 380 g/mol. The minimum Gasteiger partial charge on any atom is -0.493 e. The van der Waals surface area contributed by atoms with E-state index in [-0.39, 0.29) is 6.03 Å². The van der Waals surface area contributed by atoms with Crippen LogP contribution >= 0.6 is 0 Å². The van der Waals surface area contributed by atoms with E-state index in [9.17, 15) is 4.79 Å². The number of benzene rings is 3. The van der Waals surface area contributed by atoms with Gasteiger partial charge in [-0.25, -0.2) is 4.79 Å². The van der Waals surface area contributed by atoms with Crippen molar-refractivity contribution in [2.75, 3.05) is 24.9 Å². The smallest absolute Gasteiger partial charge is 0.323 e. The Morgan fingerprint density at radius 1 is 0.800 bits per heavy atom. The molecule has 0 aliphatic rings. The Balaban J connectivity index is 1.64. The maximum absolute atomic E-state index is 12.5. The molecule has 0 heterocycles. The molecule has 0 unspecified atom stereocenters. The first kappa shape index (κ1) is 21.0. The molecule has 3 rings (SSSR count). The van der Waals surface area contributed by atoms with Gasteiger partial charge in [0.15, 0.2) is 11.5 Å². The third-order valence-corrected chi connectivity index (χ3v) is 4.67. The molecular formula is C24H26N2O4. The lowest BCUT2D eigenvalue weighted by molar-refractivity contribution is 0.262. The lowest BCUT2D eigenvalue weighted by Crippen LogP contribution is -2.20. The van der Waals surface area contributed by atoms with Crippen LogP contribution in [0.1, 0.15) is 16.7 Å². The highest BCUT2D eigenvalue weighted by Gasteiger charge is 2.12. The molecule has 0 radical (unpaired) electrons. The van der Waals surface area contributed by atoms with E-state index in [0.717, 1.165) is 22.4 Å². The van der Waals surface area contributed by atoms with Gasteiger partial charge >= 0.3 is 6.03 Å². The van der Waals surface area contributed by atoms with Gasteiger partial charge in [0.25, 0.3) is 0 Å². The fourth-order valence-corrected chi connectivity index (χ4v) is 3.00. The van der Waals surface area contributed by atoms with Gasteiger partial charge in [-0.2, -0.15) is 0 Å². The molecule has 0 bridgehead atoms. The maximum Gasteiger partial charge on any atom is 0.323 e. The second kappa shape index (κ2) is 9.69. The number of hydrogen-bond acceptors (Lipinski definition) is 4. The highest BCUT2D eigenvalue weighted by Crippen LogP contribution is 2.33. The second-order valence-electron chi connectivity index (χ2n) is 6.85. The molecule has 2 N–H and O–H groups in total. The van der Waals surface area contributed by atoms with Crippen molar-refractivity contribution in [2.45, 2.75) is 20.5 Å². The van der Waals surface area contributed by atoms with Crippen LogP contribution in [0.3, 0.4) is 0 Å². The Kier molecular flexibility index (Phi) is 6.80. The summed E-state index contributed by atoms with van der Waals surface area (Å²) < 4.78 is 16.4. The number of rotatable bonds is 7. The number of methoxy groups -OCH3 is 2. The fraction of sp³-hybridized carbons (Fsp3) is 0.208. The van der Waals surface area contributed by atoms with Crippen LogP contribution in [0.4, 0.5) is 16.2 Å². The van der Waals surface area contributed by atoms with Gasteiger partial charge in [-0.3, -0.25) is 0 Å². The molecule has 6 heteroatoms. The molecule has 6 nitrogen and oxygen atoms in total. The van der Waals surface area contributed by atoms with E-state index in [4.69, 9.17) is 14.2 Å². The van der Waals surface area contributed by atoms with Crippen LogP contribution in [0, 0.1) is 13.8 Å². The molecule has 0 atom stereocenters. The first-order valence-electron chi connectivity index (χ1n) is 9.58. The average Bonchev–Trinajstić information content (AvgIpc) is 2.75. The number of carbonyl (C=O) groups excluding carboxylic acids is 1. The fourth-order valence-electron chi connectivity index (χ4n) is 3.00. The van der Waals surface area contributed by atoms with Crippen molar-refractivity contribution in [2.24, 2.45) is 0 Å². The number of hydrogen-bond donors (Lipinski definition) is 2. The van der Waals surface area contributed by atoms with Gasteiger partial charge < -0.3 is 24.8 Å². The van der Waals surface area contributed by atoms with Gasteiger partial charge in [-0.1, -0.05) is 30.3 Å². The molecule has 0 aromatic heterocycles. The number of aryl methyl sites for hydroxylation is 2. The Labute approximate surface area is 176 Å². The summed E-state index contributed by atoms with van der Waals surface area (Å²) in [5.41, 5.74) is 4.22. The Morgan fingerprint density at radius 2 is 1.43 bits per heavy atom. The number of urea groups is 1. The lowest BCUT2D eigenvalue weighted by atomic mass is 10.1. The third kappa shape index (κ3) is 5.23. The standard InChI is InChI=1S/C24H26N2O4/c1-16-12-19(30-15-18-8-6-5-7-9-18)10-11-20(16)25-24(27)26-21-14-23(29-4)22(28-3)13-17(21)2/h5-14H,15H2,1-4H3,(H2,25,26,27). The van der Waals surface area contributed by atoms with Crippen molar-refractivity contribution in [3.63, 3.8) is 0 Å². The summed E-state index contributed by atoms with van der Waals surface area (Å²) in [6, 6.07) is 18.8. The van der Waals surface area contributed by atoms with Gasteiger partial charge in [0.05, 0.1) is 14.2 Å². The van der Waals surface area contributed by atoms with Gasteiger partial charge in [-0.05, 0) is 54.8 Å². The van der Waals surface area contributed by atoms with Crippen LogP contribution in [-0.4, -0.2) is 20.3 Å². The van der Waals surface area contributed by atoms with Gasteiger partial charge in [0.1, 0.15) is 12.4 Å². The van der Waals surface area contributed by atoms with E-state index in [1.54, 1.807) is 20.3 Å². The number of ether oxygens (including phenoxy) is 3. The molecule has 0 spiro atoms. The number of amides is 2. The molecule has 3 aromatic rings. The highest BCUT2D eigenvalue weighted by atomic mass is 16.5. The third-order valence-electron chi connectivity index (χ3n) is 4.67. The first-order valence-corrected chi connectivity index (χ1v) is 9.58. The Morgan fingerprint density at radius 3 is 2.10 bits per heavy atom. The van der Waals surface area contributed by atoms with Crippen molar-refractivity contribution < 1.29 is 19.0 Å². The normalized spacial score (nSPS) is 10.3. The topological polar surface area (TPSA) is 68.8 Å². The van der Waals surface area contributed by atoms with E-state index >= 15 is 0 Å². The summed E-state index contributed by atoms with van der Waals surface area (Å²) in [5.74, 6) is 1.91. The summed E-state index contributed by atoms with van der Waals surface area (Å²) in [6.07, 6.45) is 0. The van der Waals surface area contributed by atoms with Crippen LogP contribution in [0.2, 0.25) is 0 Å². The van der Waals surface area contributed by atoms with Crippen molar-refractivity contribution in [1.29, 1.82) is 0 Å². The number of anilines is 2. The zero-order chi connectivity index (χ0) is 21.5. The predicted octanol–water partition coefficient (Wildman–Crippen LogP) is 5.54. The molecule has 30 heavy (non-hydrogen) atoms. The van der Waals surface area contributed by atoms with E-state index in [1.807, 2.05) is 68.4 Å². The van der Waals surface area contributed by atoms with Crippen molar-refractivity contribution in [3.05, 3.63) is 77.4 Å². The minimum absolute atomic E-state index is 0.341. The molecule has 2 amide bonds. The zero-order valence-corrected chi connectivity index (χ0v) is 17.6. The summed E-state index contributed by atoms with van der Waals surface area (Å²) in [5, 5.41) is 5.73. The quantitative estimate of drug-likeness (QED) is 0.540.